The topological polar surface area (TPSA) is 219 Å². The number of ether oxygens (including phenoxy) is 7. The zero-order valence-corrected chi connectivity index (χ0v) is 54.4. The minimum Gasteiger partial charge on any atom is -0.492 e. The highest BCUT2D eigenvalue weighted by Gasteiger charge is 2.68. The Morgan fingerprint density at radius 1 is 0.745 bits per heavy atom. The van der Waals surface area contributed by atoms with E-state index in [2.05, 4.69) is 48.4 Å². The van der Waals surface area contributed by atoms with Crippen LogP contribution in [-0.4, -0.2) is 154 Å². The number of hydrogen-bond acceptors (Lipinski definition) is 19. The van der Waals surface area contributed by atoms with E-state index in [0.717, 1.165) is 62.9 Å². The van der Waals surface area contributed by atoms with Crippen molar-refractivity contribution < 1.29 is 76.1 Å². The number of aliphatic hydroxyl groups excluding tert-OH is 1. The maximum atomic E-state index is 16.9. The number of nitrogens with zero attached hydrogens (tertiary/aromatic N) is 5. The van der Waals surface area contributed by atoms with Gasteiger partial charge in [-0.3, -0.25) is 19.2 Å². The van der Waals surface area contributed by atoms with E-state index in [4.69, 9.17) is 33.2 Å². The number of aliphatic hydroxyl groups is 2. The van der Waals surface area contributed by atoms with Crippen molar-refractivity contribution in [2.75, 3.05) is 93.3 Å². The number of fused-ring (bicyclic) bond motifs is 8. The summed E-state index contributed by atoms with van der Waals surface area (Å²) >= 11 is 0. The molecule has 5 heterocycles. The molecule has 22 heteroatoms. The Bertz CT molecular complexity index is 3670. The first-order valence-electron chi connectivity index (χ1n) is 33.2. The Balaban J connectivity index is 0.581. The van der Waals surface area contributed by atoms with Gasteiger partial charge in [0.15, 0.2) is 35.5 Å². The van der Waals surface area contributed by atoms with E-state index < -0.39 is 84.5 Å². The number of carbonyl (C=O) groups excluding carboxylic acids is 5. The minimum absolute atomic E-state index is 0.000976. The number of hydrogen-bond donors (Lipinski definition) is 3. The molecule has 5 aliphatic heterocycles. The van der Waals surface area contributed by atoms with E-state index in [9.17, 15) is 34.2 Å². The van der Waals surface area contributed by atoms with Crippen molar-refractivity contribution in [3.05, 3.63) is 120 Å². The number of carbonyl (C=O) groups is 5. The number of allylic oxidation sites excluding steroid dienone is 6. The van der Waals surface area contributed by atoms with Crippen LogP contribution in [0.4, 0.5) is 36.3 Å². The van der Waals surface area contributed by atoms with Crippen LogP contribution in [0.5, 0.6) is 11.5 Å². The normalized spacial score (nSPS) is 29.9. The van der Waals surface area contributed by atoms with Gasteiger partial charge in [-0.25, -0.2) is 13.6 Å². The second-order valence-electron chi connectivity index (χ2n) is 27.9. The molecule has 502 valence electrons. The Morgan fingerprint density at radius 2 is 1.34 bits per heavy atom. The lowest BCUT2D eigenvalue weighted by molar-refractivity contribution is -0.181. The smallest absolute Gasteiger partial charge is 0.413 e. The van der Waals surface area contributed by atoms with Gasteiger partial charge < -0.3 is 73.2 Å². The van der Waals surface area contributed by atoms with Gasteiger partial charge >= 0.3 is 18.0 Å². The van der Waals surface area contributed by atoms with Crippen molar-refractivity contribution >= 4 is 63.5 Å². The van der Waals surface area contributed by atoms with Crippen LogP contribution in [0, 0.1) is 46.1 Å². The van der Waals surface area contributed by atoms with Crippen molar-refractivity contribution in [1.82, 2.24) is 10.2 Å². The van der Waals surface area contributed by atoms with Crippen LogP contribution >= 0.6 is 0 Å². The van der Waals surface area contributed by atoms with Gasteiger partial charge in [-0.15, -0.1) is 0 Å². The van der Waals surface area contributed by atoms with Gasteiger partial charge in [-0.05, 0) is 137 Å². The number of anilines is 4. The van der Waals surface area contributed by atoms with Crippen molar-refractivity contribution in [3.8, 4) is 11.5 Å². The van der Waals surface area contributed by atoms with Gasteiger partial charge in [0.05, 0.1) is 44.5 Å². The highest BCUT2D eigenvalue weighted by atomic mass is 19.1. The highest BCUT2D eigenvalue weighted by Crippen LogP contribution is 2.67. The van der Waals surface area contributed by atoms with Crippen LogP contribution in [0.3, 0.4) is 0 Å². The summed E-state index contributed by atoms with van der Waals surface area (Å²) in [7, 11) is 3.08. The molecule has 2 aromatic carbocycles. The maximum Gasteiger partial charge on any atom is 0.413 e. The van der Waals surface area contributed by atoms with E-state index in [-0.39, 0.29) is 97.9 Å². The first-order chi connectivity index (χ1) is 45.0. The second kappa shape index (κ2) is 25.0. The number of piperazine rings is 1. The summed E-state index contributed by atoms with van der Waals surface area (Å²) in [4.78, 5) is 74.6. The summed E-state index contributed by atoms with van der Waals surface area (Å²) in [6, 6.07) is 3.03. The molecule has 13 rings (SSSR count). The molecule has 11 aliphatic rings. The molecule has 0 spiro atoms. The summed E-state index contributed by atoms with van der Waals surface area (Å²) in [5.74, 6) is -1.96. The third-order valence-electron chi connectivity index (χ3n) is 22.6. The average Bonchev–Trinajstić information content (AvgIpc) is 1.39. The highest BCUT2D eigenvalue weighted by molar-refractivity contribution is 6.01. The van der Waals surface area contributed by atoms with Gasteiger partial charge in [-0.2, -0.15) is 0 Å². The number of halogens is 2. The molecule has 10 atom stereocenters. The fourth-order valence-corrected chi connectivity index (χ4v) is 17.4. The van der Waals surface area contributed by atoms with Gasteiger partial charge in [-0.1, -0.05) is 51.8 Å². The minimum atomic E-state index is -1.85. The first-order valence-corrected chi connectivity index (χ1v) is 33.2. The molecule has 1 amide bonds. The number of methoxy groups -OCH3 is 2. The Kier molecular flexibility index (Phi) is 17.2. The molecule has 2 aromatic rings. The van der Waals surface area contributed by atoms with E-state index in [1.807, 2.05) is 35.2 Å². The molecule has 10 unspecified atom stereocenters. The van der Waals surface area contributed by atoms with Crippen molar-refractivity contribution in [1.29, 1.82) is 0 Å². The second-order valence-corrected chi connectivity index (χ2v) is 27.9. The van der Waals surface area contributed by atoms with E-state index in [1.165, 1.54) is 18.1 Å². The average molecular weight is 1300 g/mol. The molecular weight excluding hydrogens is 1210 g/mol. The number of Topliss-reactive ketones (excluding diaryl/α,β-unsaturated/α-hetero) is 1. The van der Waals surface area contributed by atoms with Gasteiger partial charge in [0, 0.05) is 108 Å². The molecule has 20 nitrogen and oxygen atoms in total. The van der Waals surface area contributed by atoms with Crippen LogP contribution < -0.4 is 34.4 Å². The Hall–Kier alpha value is -7.95. The van der Waals surface area contributed by atoms with E-state index in [1.54, 1.807) is 32.3 Å². The quantitative estimate of drug-likeness (QED) is 0.0638. The molecule has 0 aromatic heterocycles. The summed E-state index contributed by atoms with van der Waals surface area (Å²) < 4.78 is 73.6. The Morgan fingerprint density at radius 3 is 1.93 bits per heavy atom. The summed E-state index contributed by atoms with van der Waals surface area (Å²) in [5, 5.41) is 27.4. The SMILES string of the molecule is C=C(OCOC(=C)C1=CN(C2CC2)c2c(cc(F)c(N3CCN(C(=O)OCOC(=O)CCC(=O)OCC(=O)C4(O)CCC5C6CCC7=CC(=O)C=CC7(C)C6C(O)CC54C)C(C)C3)c2OC)C1=C)C1=CN(C2CC2)c2c(cc(F)c(N3CC4CCCNC4C3)c2OC)C1=C. The lowest BCUT2D eigenvalue weighted by atomic mass is 9.46. The number of nitrogens with one attached hydrogen (secondary N) is 1. The molecule has 3 N–H and O–H groups in total. The fourth-order valence-electron chi connectivity index (χ4n) is 17.4. The van der Waals surface area contributed by atoms with Crippen molar-refractivity contribution in [2.24, 2.45) is 34.5 Å². The number of benzene rings is 2. The number of esters is 2. The molecule has 0 radical (unpaired) electrons. The van der Waals surface area contributed by atoms with Gasteiger partial charge in [0.2, 0.25) is 19.4 Å². The molecule has 6 aliphatic carbocycles. The summed E-state index contributed by atoms with van der Waals surface area (Å²) in [6.07, 6.45) is 14.6. The summed E-state index contributed by atoms with van der Waals surface area (Å²) in [5.41, 5.74) is 2.94. The van der Waals surface area contributed by atoms with Crippen LogP contribution in [0.15, 0.2) is 97.3 Å². The van der Waals surface area contributed by atoms with E-state index >= 15 is 8.78 Å². The maximum absolute atomic E-state index is 16.9. The predicted octanol–water partition coefficient (Wildman–Crippen LogP) is 9.70. The fraction of sp³-hybridized carbons (Fsp3) is 0.542. The number of amides is 1. The van der Waals surface area contributed by atoms with Gasteiger partial charge in [0.25, 0.3) is 0 Å². The number of piperidine rings is 1. The van der Waals surface area contributed by atoms with Crippen LogP contribution in [0.25, 0.3) is 11.1 Å². The molecule has 0 bridgehead atoms. The third-order valence-corrected chi connectivity index (χ3v) is 22.6. The largest absolute Gasteiger partial charge is 0.492 e. The number of rotatable bonds is 20. The standard InChI is InChI=1S/C72H86F2N6O14/c1-39-31-76(25-26-78(39)69(86)94-38-93-61(85)19-18-60(84)90-36-59(83)72(87)23-21-54-49-17-12-45-27-48(81)20-22-70(45,6)62(49)58(82)30-71(54,72)7)65-55(73)28-50-40(2)52(33-79(46-13-14-46)63(50)67(65)88-8)42(4)91-37-92-43(5)53-34-80(47-15-16-47)64-51(41(53)3)29-56(74)66(68(64)89-9)77-32-44-11-10-24-75-57(44)35-77/h20,22,27-29,33-34,39,44,46-47,49,54,57-58,62,75,82,87H,2-5,10-19,21,23-26,30-32,35-38H2,1,6-9H3. The third kappa shape index (κ3) is 11.2. The first kappa shape index (κ1) is 64.7. The molecule has 8 fully saturated rings. The van der Waals surface area contributed by atoms with Crippen LogP contribution in [0.2, 0.25) is 0 Å². The Labute approximate surface area is 547 Å². The van der Waals surface area contributed by atoms with Crippen LogP contribution in [0.1, 0.15) is 115 Å². The van der Waals surface area contributed by atoms with Crippen LogP contribution in [-0.2, 0) is 42.9 Å². The summed E-state index contributed by atoms with van der Waals surface area (Å²) in [6.45, 7) is 24.1. The number of ketones is 2. The monoisotopic (exact) mass is 1300 g/mol. The van der Waals surface area contributed by atoms with Gasteiger partial charge in [0.1, 0.15) is 28.5 Å². The lowest BCUT2D eigenvalue weighted by Gasteiger charge is -2.59. The van der Waals surface area contributed by atoms with E-state index in [0.29, 0.717) is 94.1 Å². The molecule has 94 heavy (non-hydrogen) atoms. The molecular formula is C72H86F2N6O14. The van der Waals surface area contributed by atoms with Crippen molar-refractivity contribution in [3.63, 3.8) is 0 Å². The lowest BCUT2D eigenvalue weighted by Crippen LogP contribution is -2.61. The molecule has 5 saturated carbocycles. The molecule has 3 saturated heterocycles. The predicted molar refractivity (Wildman–Crippen MR) is 347 cm³/mol. The van der Waals surface area contributed by atoms with Crippen molar-refractivity contribution in [2.45, 2.75) is 140 Å². The zero-order valence-electron chi connectivity index (χ0n) is 54.4. The zero-order chi connectivity index (χ0) is 66.4.